The maximum Gasteiger partial charge on any atom is 0.418 e. The topological polar surface area (TPSA) is 42.4 Å². The Morgan fingerprint density at radius 1 is 1.26 bits per heavy atom. The van der Waals surface area contributed by atoms with Crippen LogP contribution in [0, 0.1) is 10.8 Å². The Kier molecular flexibility index (Phi) is 5.98. The smallest absolute Gasteiger partial charge is 0.418 e. The zero-order chi connectivity index (χ0) is 21.9. The quantitative estimate of drug-likeness (QED) is 0.667. The second kappa shape index (κ2) is 7.84. The van der Waals surface area contributed by atoms with E-state index in [0.29, 0.717) is 17.6 Å². The average molecular weight is 456 g/mol. The van der Waals surface area contributed by atoms with Crippen LogP contribution in [-0.4, -0.2) is 30.1 Å². The monoisotopic (exact) mass is 455 g/mol. The highest BCUT2D eigenvalue weighted by Crippen LogP contribution is 2.54. The van der Waals surface area contributed by atoms with Gasteiger partial charge in [-0.25, -0.2) is 4.79 Å². The number of ether oxygens (including phenoxy) is 1. The summed E-state index contributed by atoms with van der Waals surface area (Å²) >= 11 is 0. The Balaban J connectivity index is 0.00000272. The van der Waals surface area contributed by atoms with Crippen LogP contribution in [-0.2, 0) is 10.9 Å². The van der Waals surface area contributed by atoms with E-state index in [-0.39, 0.29) is 47.0 Å². The van der Waals surface area contributed by atoms with E-state index in [1.165, 1.54) is 12.3 Å². The van der Waals surface area contributed by atoms with Gasteiger partial charge >= 0.3 is 12.1 Å². The van der Waals surface area contributed by atoms with Crippen LogP contribution in [0.25, 0.3) is 10.9 Å². The van der Waals surface area contributed by atoms with Crippen molar-refractivity contribution < 1.29 is 35.1 Å². The molecule has 2 unspecified atom stereocenters. The molecule has 2 fully saturated rings. The Morgan fingerprint density at radius 2 is 1.97 bits per heavy atom. The fourth-order valence-corrected chi connectivity index (χ4v) is 5.83. The molecule has 0 spiro atoms. The molecule has 1 aromatic heterocycles. The first-order valence-electron chi connectivity index (χ1n) is 10.4. The molecule has 0 N–H and O–H groups in total. The summed E-state index contributed by atoms with van der Waals surface area (Å²) in [5.74, 6) is -0.551. The van der Waals surface area contributed by atoms with Crippen LogP contribution in [0.5, 0.6) is 0 Å². The third-order valence-corrected chi connectivity index (χ3v) is 6.37. The van der Waals surface area contributed by atoms with Gasteiger partial charge in [0, 0.05) is 24.2 Å². The normalized spacial score (nSPS) is 24.7. The van der Waals surface area contributed by atoms with E-state index in [1.54, 1.807) is 13.0 Å². The van der Waals surface area contributed by atoms with Crippen molar-refractivity contribution in [3.63, 3.8) is 0 Å². The summed E-state index contributed by atoms with van der Waals surface area (Å²) in [6.45, 7) is 9.30. The number of fused-ring (bicyclic) bond motifs is 3. The fourth-order valence-electron chi connectivity index (χ4n) is 5.83. The predicted octanol–water partition coefficient (Wildman–Crippen LogP) is 2.84. The zero-order valence-corrected chi connectivity index (χ0v) is 18.9. The molecule has 31 heavy (non-hydrogen) atoms. The molecule has 1 saturated carbocycles. The van der Waals surface area contributed by atoms with Gasteiger partial charge < -0.3 is 22.0 Å². The predicted molar refractivity (Wildman–Crippen MR) is 110 cm³/mol. The third-order valence-electron chi connectivity index (χ3n) is 6.37. The molecule has 2 atom stereocenters. The van der Waals surface area contributed by atoms with Crippen LogP contribution in [0.2, 0.25) is 0 Å². The summed E-state index contributed by atoms with van der Waals surface area (Å²) in [5.41, 5.74) is 0.0318. The summed E-state index contributed by atoms with van der Waals surface area (Å²) < 4.78 is 46.1. The molecule has 1 saturated heterocycles. The van der Waals surface area contributed by atoms with Crippen LogP contribution >= 0.6 is 0 Å². The number of alkyl halides is 3. The Morgan fingerprint density at radius 3 is 2.61 bits per heavy atom. The first-order valence-corrected chi connectivity index (χ1v) is 10.4. The molecule has 2 bridgehead atoms. The highest BCUT2D eigenvalue weighted by molar-refractivity contribution is 6.06. The van der Waals surface area contributed by atoms with Crippen LogP contribution in [0.1, 0.15) is 62.9 Å². The Bertz CT molecular complexity index is 1010. The van der Waals surface area contributed by atoms with Crippen molar-refractivity contribution in [3.05, 3.63) is 35.5 Å². The molecule has 2 aromatic rings. The molecule has 4 nitrogen and oxygen atoms in total. The molecular formula is C23H27ClF3N2O2-. The lowest BCUT2D eigenvalue weighted by Crippen LogP contribution is -3.00. The zero-order valence-electron chi connectivity index (χ0n) is 18.1. The summed E-state index contributed by atoms with van der Waals surface area (Å²) in [6.07, 6.45) is -0.349. The van der Waals surface area contributed by atoms with E-state index in [0.717, 1.165) is 25.3 Å². The maximum atomic E-state index is 13.6. The first kappa shape index (κ1) is 23.6. The van der Waals surface area contributed by atoms with E-state index >= 15 is 0 Å². The number of aromatic nitrogens is 1. The second-order valence-corrected chi connectivity index (χ2v) is 9.78. The van der Waals surface area contributed by atoms with Crippen molar-refractivity contribution in [1.82, 2.24) is 4.98 Å². The van der Waals surface area contributed by atoms with Gasteiger partial charge in [0.2, 0.25) is 0 Å². The van der Waals surface area contributed by atoms with Gasteiger partial charge in [-0.2, -0.15) is 13.2 Å². The first-order chi connectivity index (χ1) is 13.9. The second-order valence-electron chi connectivity index (χ2n) is 9.78. The lowest BCUT2D eigenvalue weighted by molar-refractivity contribution is -0.136. The number of para-hydroxylation sites is 1. The molecule has 0 amide bonds. The number of pyridine rings is 1. The van der Waals surface area contributed by atoms with Crippen LogP contribution in [0.4, 0.5) is 18.9 Å². The van der Waals surface area contributed by atoms with Gasteiger partial charge in [0.15, 0.2) is 0 Å². The van der Waals surface area contributed by atoms with Crippen LogP contribution in [0.3, 0.4) is 0 Å². The van der Waals surface area contributed by atoms with Gasteiger partial charge in [0.05, 0.1) is 23.4 Å². The molecule has 8 heteroatoms. The minimum Gasteiger partial charge on any atom is -1.00 e. The van der Waals surface area contributed by atoms with Crippen molar-refractivity contribution in [3.8, 4) is 0 Å². The number of hydrogen-bond acceptors (Lipinski definition) is 4. The summed E-state index contributed by atoms with van der Waals surface area (Å²) in [5, 5.41) is 0.351. The number of halogens is 4. The van der Waals surface area contributed by atoms with Gasteiger partial charge in [0.25, 0.3) is 0 Å². The molecule has 0 radical (unpaired) electrons. The summed E-state index contributed by atoms with van der Waals surface area (Å²) in [4.78, 5) is 18.9. The SMILES string of the molecule is CCOC(=O)c1cnc2c(C(F)(F)F)cccc2c1N1CC2(C)CC1CC(C)(C)C2.[Cl-]. The minimum absolute atomic E-state index is 0. The highest BCUT2D eigenvalue weighted by Gasteiger charge is 2.50. The van der Waals surface area contributed by atoms with E-state index in [1.807, 2.05) is 0 Å². The third kappa shape index (κ3) is 4.21. The van der Waals surface area contributed by atoms with E-state index in [4.69, 9.17) is 4.74 Å². The molecule has 1 aromatic carbocycles. The number of nitrogens with zero attached hydrogens (tertiary/aromatic N) is 2. The van der Waals surface area contributed by atoms with Crippen molar-refractivity contribution in [2.45, 2.75) is 59.2 Å². The maximum absolute atomic E-state index is 13.6. The summed E-state index contributed by atoms with van der Waals surface area (Å²) in [7, 11) is 0. The fraction of sp³-hybridized carbons (Fsp3) is 0.565. The highest BCUT2D eigenvalue weighted by atomic mass is 35.5. The number of benzene rings is 1. The standard InChI is InChI=1S/C23H27F3N2O2.ClH/c1-5-30-20(29)16-11-27-18-15(7-6-8-17(18)23(24,25)26)19(16)28-13-22(4)10-14(28)9-21(2,3)12-22;/h6-8,11,14H,5,9-10,12-13H2,1-4H3;1H/p-1. The lowest BCUT2D eigenvalue weighted by Gasteiger charge is -2.39. The van der Waals surface area contributed by atoms with Crippen molar-refractivity contribution in [2.75, 3.05) is 18.1 Å². The summed E-state index contributed by atoms with van der Waals surface area (Å²) in [6, 6.07) is 4.22. The van der Waals surface area contributed by atoms with Gasteiger partial charge in [-0.3, -0.25) is 4.98 Å². The number of hydrogen-bond donors (Lipinski definition) is 0. The van der Waals surface area contributed by atoms with Gasteiger partial charge in [-0.1, -0.05) is 32.9 Å². The molecule has 1 aliphatic heterocycles. The Hall–Kier alpha value is -2.02. The lowest BCUT2D eigenvalue weighted by atomic mass is 9.65. The number of carbonyl (C=O) groups excluding carboxylic acids is 1. The van der Waals surface area contributed by atoms with Crippen LogP contribution < -0.4 is 17.3 Å². The van der Waals surface area contributed by atoms with Gasteiger partial charge in [-0.15, -0.1) is 0 Å². The number of rotatable bonds is 3. The van der Waals surface area contributed by atoms with E-state index in [9.17, 15) is 18.0 Å². The van der Waals surface area contributed by atoms with Crippen molar-refractivity contribution in [1.29, 1.82) is 0 Å². The van der Waals surface area contributed by atoms with E-state index in [2.05, 4.69) is 30.7 Å². The molecule has 4 rings (SSSR count). The number of anilines is 1. The molecule has 2 aliphatic rings. The number of esters is 1. The van der Waals surface area contributed by atoms with Gasteiger partial charge in [-0.05, 0) is 43.1 Å². The molecule has 1 aliphatic carbocycles. The van der Waals surface area contributed by atoms with Crippen LogP contribution in [0.15, 0.2) is 24.4 Å². The number of carbonyl (C=O) groups is 1. The van der Waals surface area contributed by atoms with Crippen molar-refractivity contribution in [2.24, 2.45) is 10.8 Å². The average Bonchev–Trinajstić information content (AvgIpc) is 2.88. The molecule has 2 heterocycles. The largest absolute Gasteiger partial charge is 1.00 e. The molecule has 170 valence electrons. The van der Waals surface area contributed by atoms with E-state index < -0.39 is 17.7 Å². The van der Waals surface area contributed by atoms with Crippen molar-refractivity contribution >= 4 is 22.6 Å². The van der Waals surface area contributed by atoms with Gasteiger partial charge in [0.1, 0.15) is 5.56 Å². The minimum atomic E-state index is -4.52. The Labute approximate surface area is 186 Å². The molecular weight excluding hydrogens is 429 g/mol.